The summed E-state index contributed by atoms with van der Waals surface area (Å²) in [7, 11) is 0. The van der Waals surface area contributed by atoms with E-state index in [0.29, 0.717) is 0 Å². The van der Waals surface area contributed by atoms with E-state index < -0.39 is 12.3 Å². The second kappa shape index (κ2) is 3.28. The fourth-order valence-electron chi connectivity index (χ4n) is 1.24. The van der Waals surface area contributed by atoms with E-state index in [-0.39, 0.29) is 18.9 Å². The van der Waals surface area contributed by atoms with Crippen molar-refractivity contribution in [1.82, 2.24) is 0 Å². The molecular weight excluding hydrogens is 138 g/mol. The van der Waals surface area contributed by atoms with E-state index in [9.17, 15) is 8.78 Å². The number of aliphatic hydroxyl groups is 1. The summed E-state index contributed by atoms with van der Waals surface area (Å²) in [4.78, 5) is 0. The summed E-state index contributed by atoms with van der Waals surface area (Å²) in [5.74, 6) is -0.336. The lowest BCUT2D eigenvalue weighted by Gasteiger charge is -2.12. The standard InChI is InChI=1S/C7H12F2O/c8-7(9)6(3-4-10)5-1-2-5/h5-7,10H,1-4H2. The monoisotopic (exact) mass is 150 g/mol. The van der Waals surface area contributed by atoms with Crippen LogP contribution in [0, 0.1) is 11.8 Å². The maximum atomic E-state index is 12.1. The molecule has 1 unspecified atom stereocenters. The molecule has 10 heavy (non-hydrogen) atoms. The van der Waals surface area contributed by atoms with E-state index in [1.54, 1.807) is 0 Å². The summed E-state index contributed by atoms with van der Waals surface area (Å²) >= 11 is 0. The van der Waals surface area contributed by atoms with Crippen molar-refractivity contribution in [3.05, 3.63) is 0 Å². The molecule has 0 aromatic heterocycles. The highest BCUT2D eigenvalue weighted by Crippen LogP contribution is 2.41. The maximum absolute atomic E-state index is 12.1. The van der Waals surface area contributed by atoms with Gasteiger partial charge in [0.05, 0.1) is 0 Å². The average molecular weight is 150 g/mol. The van der Waals surface area contributed by atoms with Crippen LogP contribution in [0.5, 0.6) is 0 Å². The molecule has 0 aromatic carbocycles. The predicted octanol–water partition coefficient (Wildman–Crippen LogP) is 1.66. The Morgan fingerprint density at radius 2 is 2.00 bits per heavy atom. The van der Waals surface area contributed by atoms with Crippen molar-refractivity contribution in [3.63, 3.8) is 0 Å². The van der Waals surface area contributed by atoms with Crippen LogP contribution in [-0.4, -0.2) is 18.1 Å². The SMILES string of the molecule is OCCC(C(F)F)C1CC1. The minimum atomic E-state index is -2.24. The summed E-state index contributed by atoms with van der Waals surface area (Å²) in [5.41, 5.74) is 0. The van der Waals surface area contributed by atoms with Crippen molar-refractivity contribution in [3.8, 4) is 0 Å². The lowest BCUT2D eigenvalue weighted by Crippen LogP contribution is -2.14. The highest BCUT2D eigenvalue weighted by molar-refractivity contribution is 4.82. The number of hydrogen-bond donors (Lipinski definition) is 1. The van der Waals surface area contributed by atoms with E-state index in [1.807, 2.05) is 0 Å². The molecule has 60 valence electrons. The number of rotatable bonds is 4. The Labute approximate surface area is 59.0 Å². The topological polar surface area (TPSA) is 20.2 Å². The molecule has 0 spiro atoms. The number of alkyl halides is 2. The molecule has 0 heterocycles. The first-order valence-electron chi connectivity index (χ1n) is 3.64. The number of hydrogen-bond acceptors (Lipinski definition) is 1. The molecular formula is C7H12F2O. The fourth-order valence-corrected chi connectivity index (χ4v) is 1.24. The second-order valence-corrected chi connectivity index (χ2v) is 2.85. The zero-order valence-corrected chi connectivity index (χ0v) is 5.76. The van der Waals surface area contributed by atoms with Crippen LogP contribution in [0.2, 0.25) is 0 Å². The molecule has 0 bridgehead atoms. The van der Waals surface area contributed by atoms with Gasteiger partial charge in [0, 0.05) is 12.5 Å². The Hall–Kier alpha value is -0.180. The molecule has 0 amide bonds. The molecule has 1 nitrogen and oxygen atoms in total. The Morgan fingerprint density at radius 3 is 2.30 bits per heavy atom. The highest BCUT2D eigenvalue weighted by atomic mass is 19.3. The van der Waals surface area contributed by atoms with Crippen LogP contribution in [0.3, 0.4) is 0 Å². The zero-order valence-electron chi connectivity index (χ0n) is 5.76. The van der Waals surface area contributed by atoms with E-state index in [2.05, 4.69) is 0 Å². The van der Waals surface area contributed by atoms with Crippen LogP contribution in [0.15, 0.2) is 0 Å². The summed E-state index contributed by atoms with van der Waals surface area (Å²) < 4.78 is 24.1. The summed E-state index contributed by atoms with van der Waals surface area (Å²) in [5, 5.41) is 8.43. The van der Waals surface area contributed by atoms with Gasteiger partial charge in [-0.25, -0.2) is 8.78 Å². The Morgan fingerprint density at radius 1 is 1.40 bits per heavy atom. The third kappa shape index (κ3) is 1.90. The first-order chi connectivity index (χ1) is 4.75. The first kappa shape index (κ1) is 7.92. The Balaban J connectivity index is 2.26. The van der Waals surface area contributed by atoms with Gasteiger partial charge in [0.15, 0.2) is 0 Å². The van der Waals surface area contributed by atoms with Crippen LogP contribution in [-0.2, 0) is 0 Å². The Kier molecular flexibility index (Phi) is 2.60. The van der Waals surface area contributed by atoms with Crippen molar-refractivity contribution in [1.29, 1.82) is 0 Å². The first-order valence-corrected chi connectivity index (χ1v) is 3.64. The highest BCUT2D eigenvalue weighted by Gasteiger charge is 2.36. The third-order valence-corrected chi connectivity index (χ3v) is 2.01. The molecule has 1 atom stereocenters. The summed E-state index contributed by atoms with van der Waals surface area (Å²) in [6.07, 6.45) is -0.119. The van der Waals surface area contributed by atoms with Crippen molar-refractivity contribution in [2.24, 2.45) is 11.8 Å². The third-order valence-electron chi connectivity index (χ3n) is 2.01. The molecule has 3 heteroatoms. The van der Waals surface area contributed by atoms with Crippen LogP contribution in [0.1, 0.15) is 19.3 Å². The van der Waals surface area contributed by atoms with Crippen molar-refractivity contribution in [2.45, 2.75) is 25.7 Å². The Bertz CT molecular complexity index is 99.8. The molecule has 0 radical (unpaired) electrons. The molecule has 1 rings (SSSR count). The van der Waals surface area contributed by atoms with Gasteiger partial charge in [0.1, 0.15) is 0 Å². The second-order valence-electron chi connectivity index (χ2n) is 2.85. The van der Waals surface area contributed by atoms with E-state index in [4.69, 9.17) is 5.11 Å². The molecule has 1 fully saturated rings. The number of halogens is 2. The fraction of sp³-hybridized carbons (Fsp3) is 1.00. The quantitative estimate of drug-likeness (QED) is 0.646. The van der Waals surface area contributed by atoms with Gasteiger partial charge in [-0.05, 0) is 25.2 Å². The van der Waals surface area contributed by atoms with Crippen LogP contribution in [0.25, 0.3) is 0 Å². The normalized spacial score (nSPS) is 21.6. The molecule has 0 saturated heterocycles. The van der Waals surface area contributed by atoms with Gasteiger partial charge in [-0.2, -0.15) is 0 Å². The molecule has 0 aromatic rings. The van der Waals surface area contributed by atoms with Crippen molar-refractivity contribution < 1.29 is 13.9 Å². The van der Waals surface area contributed by atoms with Gasteiger partial charge in [0.25, 0.3) is 0 Å². The van der Waals surface area contributed by atoms with Gasteiger partial charge >= 0.3 is 0 Å². The lowest BCUT2D eigenvalue weighted by atomic mass is 10.0. The molecule has 1 aliphatic carbocycles. The molecule has 1 N–H and O–H groups in total. The van der Waals surface area contributed by atoms with Crippen molar-refractivity contribution >= 4 is 0 Å². The van der Waals surface area contributed by atoms with Crippen molar-refractivity contribution in [2.75, 3.05) is 6.61 Å². The van der Waals surface area contributed by atoms with Crippen LogP contribution in [0.4, 0.5) is 8.78 Å². The minimum Gasteiger partial charge on any atom is -0.396 e. The van der Waals surface area contributed by atoms with Gasteiger partial charge in [-0.1, -0.05) is 0 Å². The average Bonchev–Trinajstić information content (AvgIpc) is 2.63. The van der Waals surface area contributed by atoms with E-state index >= 15 is 0 Å². The van der Waals surface area contributed by atoms with Gasteiger partial charge in [-0.3, -0.25) is 0 Å². The van der Waals surface area contributed by atoms with Gasteiger partial charge < -0.3 is 5.11 Å². The van der Waals surface area contributed by atoms with E-state index in [0.717, 1.165) is 12.8 Å². The van der Waals surface area contributed by atoms with Crippen LogP contribution < -0.4 is 0 Å². The zero-order chi connectivity index (χ0) is 7.56. The van der Waals surface area contributed by atoms with Crippen LogP contribution >= 0.6 is 0 Å². The molecule has 1 aliphatic rings. The maximum Gasteiger partial charge on any atom is 0.241 e. The number of aliphatic hydroxyl groups excluding tert-OH is 1. The smallest absolute Gasteiger partial charge is 0.241 e. The van der Waals surface area contributed by atoms with Gasteiger partial charge in [-0.15, -0.1) is 0 Å². The summed E-state index contributed by atoms with van der Waals surface area (Å²) in [6.45, 7) is -0.106. The molecule has 1 saturated carbocycles. The largest absolute Gasteiger partial charge is 0.396 e. The lowest BCUT2D eigenvalue weighted by molar-refractivity contribution is 0.0496. The predicted molar refractivity (Wildman–Crippen MR) is 33.9 cm³/mol. The minimum absolute atomic E-state index is 0.106. The van der Waals surface area contributed by atoms with Gasteiger partial charge in [0.2, 0.25) is 6.43 Å². The molecule has 0 aliphatic heterocycles. The van der Waals surface area contributed by atoms with E-state index in [1.165, 1.54) is 0 Å². The summed E-state index contributed by atoms with van der Waals surface area (Å²) in [6, 6.07) is 0.